The Morgan fingerprint density at radius 3 is 2.86 bits per heavy atom. The predicted molar refractivity (Wildman–Crippen MR) is 86.0 cm³/mol. The first-order valence-electron chi connectivity index (χ1n) is 7.18. The van der Waals surface area contributed by atoms with E-state index in [1.54, 1.807) is 0 Å². The topological polar surface area (TPSA) is 84.2 Å². The van der Waals surface area contributed by atoms with E-state index in [1.807, 2.05) is 24.3 Å². The SMILES string of the molecule is CCCn1c(SCC(=O)NCCC(=O)O)nc2ccccc21. The number of thioether (sulfide) groups is 1. The number of aliphatic carboxylic acids is 1. The van der Waals surface area contributed by atoms with Crippen LogP contribution in [0.1, 0.15) is 19.8 Å². The van der Waals surface area contributed by atoms with Crippen LogP contribution in [0.3, 0.4) is 0 Å². The molecular formula is C15H19N3O3S. The first kappa shape index (κ1) is 16.4. The van der Waals surface area contributed by atoms with Crippen molar-refractivity contribution < 1.29 is 14.7 Å². The van der Waals surface area contributed by atoms with Crippen LogP contribution in [0.2, 0.25) is 0 Å². The van der Waals surface area contributed by atoms with Crippen LogP contribution < -0.4 is 5.32 Å². The Morgan fingerprint density at radius 2 is 2.14 bits per heavy atom. The number of aromatic nitrogens is 2. The summed E-state index contributed by atoms with van der Waals surface area (Å²) >= 11 is 1.37. The van der Waals surface area contributed by atoms with Crippen molar-refractivity contribution in [2.24, 2.45) is 0 Å². The van der Waals surface area contributed by atoms with Gasteiger partial charge in [-0.15, -0.1) is 0 Å². The highest BCUT2D eigenvalue weighted by molar-refractivity contribution is 7.99. The highest BCUT2D eigenvalue weighted by Gasteiger charge is 2.12. The van der Waals surface area contributed by atoms with Gasteiger partial charge in [-0.1, -0.05) is 30.8 Å². The van der Waals surface area contributed by atoms with Gasteiger partial charge in [0.05, 0.1) is 23.2 Å². The van der Waals surface area contributed by atoms with Crippen molar-refractivity contribution in [3.8, 4) is 0 Å². The number of hydrogen-bond acceptors (Lipinski definition) is 4. The van der Waals surface area contributed by atoms with Crippen LogP contribution in [0.15, 0.2) is 29.4 Å². The summed E-state index contributed by atoms with van der Waals surface area (Å²) in [5.74, 6) is -0.869. The Morgan fingerprint density at radius 1 is 1.36 bits per heavy atom. The van der Waals surface area contributed by atoms with E-state index in [9.17, 15) is 9.59 Å². The number of carbonyl (C=O) groups excluding carboxylic acids is 1. The van der Waals surface area contributed by atoms with Crippen molar-refractivity contribution in [2.75, 3.05) is 12.3 Å². The molecule has 0 radical (unpaired) electrons. The molecule has 1 heterocycles. The summed E-state index contributed by atoms with van der Waals surface area (Å²) < 4.78 is 2.12. The first-order valence-corrected chi connectivity index (χ1v) is 8.17. The summed E-state index contributed by atoms with van der Waals surface area (Å²) in [6.45, 7) is 3.10. The molecule has 0 saturated carbocycles. The van der Waals surface area contributed by atoms with Crippen LogP contribution in [0.25, 0.3) is 11.0 Å². The molecule has 6 nitrogen and oxygen atoms in total. The molecule has 0 aliphatic rings. The summed E-state index contributed by atoms with van der Waals surface area (Å²) in [4.78, 5) is 26.7. The minimum Gasteiger partial charge on any atom is -0.481 e. The van der Waals surface area contributed by atoms with E-state index in [-0.39, 0.29) is 24.6 Å². The molecule has 0 unspecified atom stereocenters. The average Bonchev–Trinajstić information content (AvgIpc) is 2.83. The molecule has 22 heavy (non-hydrogen) atoms. The van der Waals surface area contributed by atoms with Gasteiger partial charge in [0.15, 0.2) is 5.16 Å². The molecule has 7 heteroatoms. The third kappa shape index (κ3) is 4.24. The van der Waals surface area contributed by atoms with Gasteiger partial charge in [-0.2, -0.15) is 0 Å². The van der Waals surface area contributed by atoms with Crippen molar-refractivity contribution in [3.05, 3.63) is 24.3 Å². The Balaban J connectivity index is 2.00. The molecule has 0 aliphatic carbocycles. The van der Waals surface area contributed by atoms with Crippen molar-refractivity contribution >= 4 is 34.7 Å². The zero-order valence-electron chi connectivity index (χ0n) is 12.4. The van der Waals surface area contributed by atoms with E-state index < -0.39 is 5.97 Å². The summed E-state index contributed by atoms with van der Waals surface area (Å²) in [6.07, 6.45) is 0.920. The van der Waals surface area contributed by atoms with E-state index in [4.69, 9.17) is 5.11 Å². The number of carboxylic acids is 1. The molecule has 0 aliphatic heterocycles. The van der Waals surface area contributed by atoms with E-state index in [0.29, 0.717) is 0 Å². The third-order valence-corrected chi connectivity index (χ3v) is 4.04. The van der Waals surface area contributed by atoms with Gasteiger partial charge < -0.3 is 15.0 Å². The number of amides is 1. The second-order valence-corrected chi connectivity index (χ2v) is 5.76. The van der Waals surface area contributed by atoms with Crippen LogP contribution in [-0.4, -0.2) is 38.8 Å². The molecule has 0 atom stereocenters. The fourth-order valence-corrected chi connectivity index (χ4v) is 2.96. The third-order valence-electron chi connectivity index (χ3n) is 3.06. The Labute approximate surface area is 132 Å². The van der Waals surface area contributed by atoms with Crippen LogP contribution in [0, 0.1) is 0 Å². The maximum Gasteiger partial charge on any atom is 0.305 e. The molecule has 0 fully saturated rings. The number of nitrogens with zero attached hydrogens (tertiary/aromatic N) is 2. The number of imidazole rings is 1. The molecule has 2 N–H and O–H groups in total. The molecule has 0 spiro atoms. The summed E-state index contributed by atoms with van der Waals surface area (Å²) in [5.41, 5.74) is 1.99. The molecule has 118 valence electrons. The number of carboxylic acid groups (broad SMARTS) is 1. The van der Waals surface area contributed by atoms with Crippen molar-refractivity contribution in [1.82, 2.24) is 14.9 Å². The lowest BCUT2D eigenvalue weighted by atomic mass is 10.3. The number of aryl methyl sites for hydroxylation is 1. The van der Waals surface area contributed by atoms with Gasteiger partial charge in [-0.25, -0.2) is 4.98 Å². The van der Waals surface area contributed by atoms with E-state index in [2.05, 4.69) is 21.8 Å². The smallest absolute Gasteiger partial charge is 0.305 e. The maximum absolute atomic E-state index is 11.7. The quantitative estimate of drug-likeness (QED) is 0.728. The molecule has 0 saturated heterocycles. The van der Waals surface area contributed by atoms with Crippen LogP contribution in [-0.2, 0) is 16.1 Å². The molecule has 0 bridgehead atoms. The number of para-hydroxylation sites is 2. The summed E-state index contributed by atoms with van der Waals surface area (Å²) in [6, 6.07) is 7.90. The number of hydrogen-bond donors (Lipinski definition) is 2. The fraction of sp³-hybridized carbons (Fsp3) is 0.400. The van der Waals surface area contributed by atoms with E-state index in [0.717, 1.165) is 29.2 Å². The highest BCUT2D eigenvalue weighted by atomic mass is 32.2. The minimum absolute atomic E-state index is 0.0647. The average molecular weight is 321 g/mol. The van der Waals surface area contributed by atoms with E-state index in [1.165, 1.54) is 11.8 Å². The predicted octanol–water partition coefficient (Wildman–Crippen LogP) is 2.13. The number of fused-ring (bicyclic) bond motifs is 1. The van der Waals surface area contributed by atoms with Crippen molar-refractivity contribution in [1.29, 1.82) is 0 Å². The van der Waals surface area contributed by atoms with E-state index >= 15 is 0 Å². The second-order valence-electron chi connectivity index (χ2n) is 4.82. The van der Waals surface area contributed by atoms with Gasteiger partial charge in [0.2, 0.25) is 5.91 Å². The van der Waals surface area contributed by atoms with Crippen molar-refractivity contribution in [3.63, 3.8) is 0 Å². The highest BCUT2D eigenvalue weighted by Crippen LogP contribution is 2.24. The Bertz CT molecular complexity index is 669. The Hall–Kier alpha value is -2.02. The molecular weight excluding hydrogens is 302 g/mol. The van der Waals surface area contributed by atoms with Crippen molar-refractivity contribution in [2.45, 2.75) is 31.5 Å². The van der Waals surface area contributed by atoms with Gasteiger partial charge in [-0.05, 0) is 18.6 Å². The largest absolute Gasteiger partial charge is 0.481 e. The number of rotatable bonds is 8. The van der Waals surface area contributed by atoms with Gasteiger partial charge in [0.1, 0.15) is 0 Å². The van der Waals surface area contributed by atoms with Crippen LogP contribution >= 0.6 is 11.8 Å². The summed E-state index contributed by atoms with van der Waals surface area (Å²) in [7, 11) is 0. The molecule has 1 aromatic heterocycles. The van der Waals surface area contributed by atoms with Crippen LogP contribution in [0.5, 0.6) is 0 Å². The monoisotopic (exact) mass is 321 g/mol. The molecule has 2 aromatic rings. The zero-order valence-corrected chi connectivity index (χ0v) is 13.2. The normalized spacial score (nSPS) is 10.8. The molecule has 2 rings (SSSR count). The standard InChI is InChI=1S/C15H19N3O3S/c1-2-9-18-12-6-4-3-5-11(12)17-15(18)22-10-13(19)16-8-7-14(20)21/h3-6H,2,7-10H2,1H3,(H,16,19)(H,20,21). The lowest BCUT2D eigenvalue weighted by Crippen LogP contribution is -2.27. The van der Waals surface area contributed by atoms with Gasteiger partial charge in [-0.3, -0.25) is 9.59 Å². The second kappa shape index (κ2) is 7.84. The zero-order chi connectivity index (χ0) is 15.9. The summed E-state index contributed by atoms with van der Waals surface area (Å²) in [5, 5.41) is 11.9. The lowest BCUT2D eigenvalue weighted by molar-refractivity contribution is -0.136. The van der Waals surface area contributed by atoms with Gasteiger partial charge >= 0.3 is 5.97 Å². The molecule has 1 aromatic carbocycles. The Kier molecular flexibility index (Phi) is 5.83. The number of benzene rings is 1. The van der Waals surface area contributed by atoms with Gasteiger partial charge in [0.25, 0.3) is 0 Å². The minimum atomic E-state index is -0.919. The fourth-order valence-electron chi connectivity index (χ4n) is 2.09. The number of carbonyl (C=O) groups is 2. The molecule has 1 amide bonds. The lowest BCUT2D eigenvalue weighted by Gasteiger charge is -2.07. The van der Waals surface area contributed by atoms with Crippen LogP contribution in [0.4, 0.5) is 0 Å². The maximum atomic E-state index is 11.7. The first-order chi connectivity index (χ1) is 10.6. The van der Waals surface area contributed by atoms with Gasteiger partial charge in [0, 0.05) is 13.1 Å². The number of nitrogens with one attached hydrogen (secondary N) is 1.